The molecule has 0 heterocycles. The van der Waals surface area contributed by atoms with E-state index in [0.717, 1.165) is 0 Å². The second-order valence-electron chi connectivity index (χ2n) is 7.26. The summed E-state index contributed by atoms with van der Waals surface area (Å²) < 4.78 is 0. The Morgan fingerprint density at radius 2 is 1.06 bits per heavy atom. The first kappa shape index (κ1) is 18.5. The average Bonchev–Trinajstić information content (AvgIpc) is 1.95. The molecule has 0 aliphatic carbocycles. The third-order valence-corrected chi connectivity index (χ3v) is 10.3. The third-order valence-electron chi connectivity index (χ3n) is 2.27. The van der Waals surface area contributed by atoms with Crippen LogP contribution in [0.2, 0.25) is 62.0 Å². The van der Waals surface area contributed by atoms with Crippen molar-refractivity contribution < 1.29 is 0 Å². The van der Waals surface area contributed by atoms with Crippen molar-refractivity contribution >= 4 is 54.3 Å². The van der Waals surface area contributed by atoms with Gasteiger partial charge in [0.2, 0.25) is 0 Å². The van der Waals surface area contributed by atoms with E-state index >= 15 is 0 Å². The van der Waals surface area contributed by atoms with Crippen LogP contribution in [-0.4, -0.2) is 41.9 Å². The summed E-state index contributed by atoms with van der Waals surface area (Å²) in [6.07, 6.45) is 0. The van der Waals surface area contributed by atoms with Crippen molar-refractivity contribution in [2.24, 2.45) is 0 Å². The van der Waals surface area contributed by atoms with E-state index in [1.807, 2.05) is 0 Å². The maximum absolute atomic E-state index is 6.40. The van der Waals surface area contributed by atoms with Gasteiger partial charge in [-0.1, -0.05) is 0 Å². The molecule has 0 rings (SSSR count). The van der Waals surface area contributed by atoms with E-state index in [9.17, 15) is 0 Å². The van der Waals surface area contributed by atoms with Crippen molar-refractivity contribution in [2.75, 3.05) is 0 Å². The molecule has 0 aromatic heterocycles. The molecule has 0 amide bonds. The Balaban J connectivity index is 3.70. The Bertz CT molecular complexity index is 190. The van der Waals surface area contributed by atoms with E-state index in [0.29, 0.717) is 25.7 Å². The van der Waals surface area contributed by atoms with Crippen LogP contribution in [0.15, 0.2) is 0 Å². The van der Waals surface area contributed by atoms with Crippen LogP contribution in [0.1, 0.15) is 0 Å². The molecule has 0 nitrogen and oxygen atoms in total. The van der Waals surface area contributed by atoms with Gasteiger partial charge in [-0.2, -0.15) is 0 Å². The summed E-state index contributed by atoms with van der Waals surface area (Å²) in [5.41, 5.74) is 0. The summed E-state index contributed by atoms with van der Waals surface area (Å²) >= 11 is 13.4. The minimum atomic E-state index is -0.984. The molecular formula is C12H28Cl2SeSi2. The molecule has 17 heavy (non-hydrogen) atoms. The van der Waals surface area contributed by atoms with E-state index < -0.39 is 16.1 Å². The summed E-state index contributed by atoms with van der Waals surface area (Å²) in [7, 11) is -1.97. The molecule has 0 spiro atoms. The monoisotopic (exact) mass is 378 g/mol. The molecule has 0 bridgehead atoms. The van der Waals surface area contributed by atoms with Gasteiger partial charge in [0.1, 0.15) is 0 Å². The molecule has 0 saturated heterocycles. The van der Waals surface area contributed by atoms with Gasteiger partial charge in [0, 0.05) is 0 Å². The van der Waals surface area contributed by atoms with Gasteiger partial charge in [-0.05, 0) is 0 Å². The first-order valence-electron chi connectivity index (χ1n) is 6.35. The van der Waals surface area contributed by atoms with Crippen LogP contribution in [0.25, 0.3) is 0 Å². The number of rotatable bonds is 8. The zero-order chi connectivity index (χ0) is 13.7. The van der Waals surface area contributed by atoms with Crippen LogP contribution in [0, 0.1) is 0 Å². The number of hydrogen-bond donors (Lipinski definition) is 0. The van der Waals surface area contributed by atoms with Crippen molar-refractivity contribution in [1.82, 2.24) is 0 Å². The first-order chi connectivity index (χ1) is 7.49. The molecule has 104 valence electrons. The normalized spacial score (nSPS) is 16.9. The fraction of sp³-hybridized carbons (Fsp3) is 1.00. The molecule has 2 unspecified atom stereocenters. The van der Waals surface area contributed by atoms with Gasteiger partial charge < -0.3 is 0 Å². The predicted molar refractivity (Wildman–Crippen MR) is 91.0 cm³/mol. The summed E-state index contributed by atoms with van der Waals surface area (Å²) in [5.74, 6) is 0. The molecule has 0 aromatic rings. The summed E-state index contributed by atoms with van der Waals surface area (Å²) in [4.78, 5) is 0. The van der Waals surface area contributed by atoms with Gasteiger partial charge in [-0.25, -0.2) is 0 Å². The van der Waals surface area contributed by atoms with Gasteiger partial charge >= 0.3 is 127 Å². The summed E-state index contributed by atoms with van der Waals surface area (Å²) in [5, 5.41) is 3.21. The number of alkyl halides is 2. The zero-order valence-electron chi connectivity index (χ0n) is 12.1. The van der Waals surface area contributed by atoms with Gasteiger partial charge in [0.25, 0.3) is 0 Å². The standard InChI is InChI=1S/C12H28Cl2SeSi2/c1-16(2,3)9-11(13)7-15-8-12(14)10-17(4,5)6/h11-12H,7-10H2,1-6H3. The second kappa shape index (κ2) is 7.96. The van der Waals surface area contributed by atoms with Crippen LogP contribution in [0.3, 0.4) is 0 Å². The molecule has 0 aliphatic rings. The van der Waals surface area contributed by atoms with Crippen LogP contribution >= 0.6 is 23.2 Å². The van der Waals surface area contributed by atoms with Gasteiger partial charge in [-0.15, -0.1) is 0 Å². The van der Waals surface area contributed by atoms with E-state index in [-0.39, 0.29) is 0 Å². The molecule has 5 heteroatoms. The molecule has 0 saturated carbocycles. The van der Waals surface area contributed by atoms with E-state index in [2.05, 4.69) is 39.3 Å². The fourth-order valence-corrected chi connectivity index (χ4v) is 11.2. The summed E-state index contributed by atoms with van der Waals surface area (Å²) in [6.45, 7) is 14.4. The molecular weight excluding hydrogens is 350 g/mol. The van der Waals surface area contributed by atoms with Crippen molar-refractivity contribution in [1.29, 1.82) is 0 Å². The van der Waals surface area contributed by atoms with E-state index in [1.165, 1.54) is 22.7 Å². The van der Waals surface area contributed by atoms with E-state index in [1.54, 1.807) is 0 Å². The summed E-state index contributed by atoms with van der Waals surface area (Å²) in [6, 6.07) is 2.49. The zero-order valence-corrected chi connectivity index (χ0v) is 17.4. The topological polar surface area (TPSA) is 0 Å². The number of hydrogen-bond acceptors (Lipinski definition) is 0. The first-order valence-corrected chi connectivity index (χ1v) is 17.1. The average molecular weight is 378 g/mol. The van der Waals surface area contributed by atoms with Crippen LogP contribution < -0.4 is 0 Å². The minimum absolute atomic E-state index is 0.400. The maximum atomic E-state index is 6.40. The van der Waals surface area contributed by atoms with Gasteiger partial charge in [0.05, 0.1) is 0 Å². The molecule has 2 atom stereocenters. The fourth-order valence-electron chi connectivity index (χ4n) is 1.77. The van der Waals surface area contributed by atoms with Gasteiger partial charge in [0.15, 0.2) is 0 Å². The Hall–Kier alpha value is 1.53. The Labute approximate surface area is 126 Å². The van der Waals surface area contributed by atoms with Crippen molar-refractivity contribution in [3.63, 3.8) is 0 Å². The molecule has 0 fully saturated rings. The second-order valence-corrected chi connectivity index (χ2v) is 21.8. The quantitative estimate of drug-likeness (QED) is 0.391. The third kappa shape index (κ3) is 13.8. The van der Waals surface area contributed by atoms with Crippen molar-refractivity contribution in [3.05, 3.63) is 0 Å². The Kier molecular flexibility index (Phi) is 8.68. The molecule has 0 N–H and O–H groups in total. The Morgan fingerprint density at radius 1 is 0.765 bits per heavy atom. The van der Waals surface area contributed by atoms with E-state index in [4.69, 9.17) is 23.2 Å². The van der Waals surface area contributed by atoms with Crippen molar-refractivity contribution in [3.8, 4) is 0 Å². The van der Waals surface area contributed by atoms with Crippen LogP contribution in [0.4, 0.5) is 0 Å². The van der Waals surface area contributed by atoms with Crippen LogP contribution in [0.5, 0.6) is 0 Å². The molecule has 0 aliphatic heterocycles. The number of halogens is 2. The van der Waals surface area contributed by atoms with Crippen molar-refractivity contribution in [2.45, 2.75) is 72.8 Å². The van der Waals surface area contributed by atoms with Gasteiger partial charge in [-0.3, -0.25) is 0 Å². The molecule has 0 radical (unpaired) electrons. The molecule has 0 aromatic carbocycles. The SMILES string of the molecule is C[Si](C)(C)CC(Cl)C[Se]CC(Cl)C[Si](C)(C)C. The van der Waals surface area contributed by atoms with Crippen LogP contribution in [-0.2, 0) is 0 Å². The Morgan fingerprint density at radius 3 is 1.29 bits per heavy atom. The predicted octanol–water partition coefficient (Wildman–Crippen LogP) is 5.42.